The summed E-state index contributed by atoms with van der Waals surface area (Å²) in [6.07, 6.45) is 0. The van der Waals surface area contributed by atoms with E-state index in [9.17, 15) is 0 Å². The lowest BCUT2D eigenvalue weighted by atomic mass is 10.1. The molecule has 0 atom stereocenters. The third kappa shape index (κ3) is 7.54. The van der Waals surface area contributed by atoms with Crippen LogP contribution >= 0.6 is 0 Å². The zero-order chi connectivity index (χ0) is 30.6. The molecule has 0 aliphatic rings. The van der Waals surface area contributed by atoms with Crippen molar-refractivity contribution in [2.24, 2.45) is 10.2 Å². The molecule has 0 aliphatic carbocycles. The number of aromatic nitrogens is 2. The average molecular weight is 578 g/mol. The quantitative estimate of drug-likeness (QED) is 0.0643. The van der Waals surface area contributed by atoms with Gasteiger partial charge in [-0.3, -0.25) is 0 Å². The van der Waals surface area contributed by atoms with Gasteiger partial charge in [0.1, 0.15) is 11.0 Å². The summed E-state index contributed by atoms with van der Waals surface area (Å²) in [5.74, 6) is 0. The normalized spacial score (nSPS) is 11.1. The molecule has 1 heterocycles. The number of likely N-dealkylation sites (N-methyl/N-ethyl adjacent to an activating group) is 1. The summed E-state index contributed by atoms with van der Waals surface area (Å²) in [4.78, 5) is 9.66. The van der Waals surface area contributed by atoms with Crippen LogP contribution in [-0.4, -0.2) is 44.4 Å². The van der Waals surface area contributed by atoms with Crippen LogP contribution in [0, 0.1) is 0 Å². The van der Waals surface area contributed by atoms with Crippen LogP contribution in [-0.2, 0) is 4.74 Å². The smallest absolute Gasteiger partial charge is 0.239 e. The fourth-order valence-electron chi connectivity index (χ4n) is 5.17. The van der Waals surface area contributed by atoms with Gasteiger partial charge in [-0.05, 0) is 76.2 Å². The van der Waals surface area contributed by atoms with Gasteiger partial charge >= 0.3 is 0 Å². The molecule has 0 N–H and O–H groups in total. The molecule has 5 aromatic rings. The van der Waals surface area contributed by atoms with Crippen LogP contribution in [0.3, 0.4) is 0 Å². The SMILES string of the molecule is CC.CCOCCN(CC)c1ccc(N=Nc2ccc3nc4ccc(N(CC)CC)cc4[n+](-c4ccccc4)c3c2)cc1. The van der Waals surface area contributed by atoms with Gasteiger partial charge in [0.05, 0.1) is 18.0 Å². The molecule has 0 fully saturated rings. The van der Waals surface area contributed by atoms with Crippen LogP contribution < -0.4 is 14.4 Å². The maximum absolute atomic E-state index is 5.53. The van der Waals surface area contributed by atoms with E-state index in [1.807, 2.05) is 51.1 Å². The lowest BCUT2D eigenvalue weighted by Gasteiger charge is -2.22. The summed E-state index contributed by atoms with van der Waals surface area (Å²) in [5, 5.41) is 9.17. The standard InChI is InChI=1S/C34H39N6O.C2H6/c1-5-38(6-2)30-19-21-32-34(25-30)40(29-12-10-9-11-13-29)33-24-27(16-20-31(33)35-32)37-36-26-14-17-28(18-15-26)39(7-3)22-23-41-8-4;1-2/h9-21,24-25H,5-8,22-23H2,1-4H3;1-2H3/q+1;. The van der Waals surface area contributed by atoms with Crippen molar-refractivity contribution in [3.63, 3.8) is 0 Å². The molecule has 7 nitrogen and oxygen atoms in total. The van der Waals surface area contributed by atoms with Crippen LogP contribution in [0.2, 0.25) is 0 Å². The summed E-state index contributed by atoms with van der Waals surface area (Å²) in [5.41, 5.74) is 8.92. The van der Waals surface area contributed by atoms with Gasteiger partial charge in [-0.25, -0.2) is 4.98 Å². The molecule has 224 valence electrons. The fourth-order valence-corrected chi connectivity index (χ4v) is 5.17. The maximum Gasteiger partial charge on any atom is 0.239 e. The summed E-state index contributed by atoms with van der Waals surface area (Å²) >= 11 is 0. The first kappa shape index (κ1) is 31.6. The van der Waals surface area contributed by atoms with E-state index in [0.29, 0.717) is 0 Å². The van der Waals surface area contributed by atoms with Crippen molar-refractivity contribution < 1.29 is 9.30 Å². The topological polar surface area (TPSA) is 57.2 Å². The minimum absolute atomic E-state index is 0.720. The van der Waals surface area contributed by atoms with Crippen molar-refractivity contribution in [1.82, 2.24) is 4.98 Å². The third-order valence-corrected chi connectivity index (χ3v) is 7.37. The Morgan fingerprint density at radius 2 is 1.23 bits per heavy atom. The van der Waals surface area contributed by atoms with Crippen molar-refractivity contribution in [1.29, 1.82) is 0 Å². The first-order chi connectivity index (χ1) is 21.1. The predicted octanol–water partition coefficient (Wildman–Crippen LogP) is 8.82. The van der Waals surface area contributed by atoms with Crippen molar-refractivity contribution in [2.75, 3.05) is 49.2 Å². The maximum atomic E-state index is 5.53. The highest BCUT2D eigenvalue weighted by Crippen LogP contribution is 2.27. The van der Waals surface area contributed by atoms with Gasteiger partial charge in [-0.15, -0.1) is 4.57 Å². The Morgan fingerprint density at radius 3 is 1.88 bits per heavy atom. The van der Waals surface area contributed by atoms with E-state index < -0.39 is 0 Å². The van der Waals surface area contributed by atoms with Gasteiger partial charge < -0.3 is 14.5 Å². The highest BCUT2D eigenvalue weighted by Gasteiger charge is 2.21. The zero-order valence-corrected chi connectivity index (χ0v) is 26.5. The Hall–Kier alpha value is -4.36. The Labute approximate surface area is 256 Å². The molecule has 0 radical (unpaired) electrons. The van der Waals surface area contributed by atoms with Crippen molar-refractivity contribution in [2.45, 2.75) is 41.5 Å². The summed E-state index contributed by atoms with van der Waals surface area (Å²) in [6, 6.07) is 31.3. The summed E-state index contributed by atoms with van der Waals surface area (Å²) in [7, 11) is 0. The van der Waals surface area contributed by atoms with Gasteiger partial charge in [0.15, 0.2) is 0 Å². The van der Waals surface area contributed by atoms with Gasteiger partial charge in [0.25, 0.3) is 0 Å². The van der Waals surface area contributed by atoms with E-state index >= 15 is 0 Å². The number of benzene rings is 4. The van der Waals surface area contributed by atoms with E-state index in [0.717, 1.165) is 84.2 Å². The lowest BCUT2D eigenvalue weighted by Crippen LogP contribution is -2.33. The number of hydrogen-bond donors (Lipinski definition) is 0. The molecule has 0 saturated heterocycles. The van der Waals surface area contributed by atoms with Crippen molar-refractivity contribution >= 4 is 44.8 Å². The molecule has 0 aliphatic heterocycles. The van der Waals surface area contributed by atoms with E-state index in [-0.39, 0.29) is 0 Å². The number of para-hydroxylation sites is 1. The summed E-state index contributed by atoms with van der Waals surface area (Å²) in [6.45, 7) is 17.7. The minimum atomic E-state index is 0.720. The molecule has 0 unspecified atom stereocenters. The number of nitrogens with zero attached hydrogens (tertiary/aromatic N) is 6. The van der Waals surface area contributed by atoms with Crippen LogP contribution in [0.4, 0.5) is 22.7 Å². The van der Waals surface area contributed by atoms with E-state index in [1.54, 1.807) is 0 Å². The Bertz CT molecular complexity index is 1610. The van der Waals surface area contributed by atoms with E-state index in [2.05, 4.69) is 106 Å². The number of anilines is 2. The monoisotopic (exact) mass is 577 g/mol. The molecule has 43 heavy (non-hydrogen) atoms. The second-order valence-corrected chi connectivity index (χ2v) is 9.79. The molecule has 4 aromatic carbocycles. The number of azo groups is 1. The van der Waals surface area contributed by atoms with E-state index in [4.69, 9.17) is 9.72 Å². The molecule has 7 heteroatoms. The molecule has 0 amide bonds. The second-order valence-electron chi connectivity index (χ2n) is 9.79. The Kier molecular flexibility index (Phi) is 11.6. The van der Waals surface area contributed by atoms with E-state index in [1.165, 1.54) is 5.69 Å². The van der Waals surface area contributed by atoms with Gasteiger partial charge in [-0.2, -0.15) is 10.2 Å². The number of rotatable bonds is 12. The first-order valence-corrected chi connectivity index (χ1v) is 15.6. The van der Waals surface area contributed by atoms with Gasteiger partial charge in [0.2, 0.25) is 16.7 Å². The minimum Gasteiger partial charge on any atom is -0.380 e. The van der Waals surface area contributed by atoms with Crippen LogP contribution in [0.15, 0.2) is 101 Å². The lowest BCUT2D eigenvalue weighted by molar-refractivity contribution is -0.538. The molecule has 0 saturated carbocycles. The molecule has 0 bridgehead atoms. The molecule has 5 rings (SSSR count). The number of hydrogen-bond acceptors (Lipinski definition) is 6. The molecular formula is C36H45N6O+. The van der Waals surface area contributed by atoms with Crippen LogP contribution in [0.1, 0.15) is 41.5 Å². The number of fused-ring (bicyclic) bond motifs is 2. The molecular weight excluding hydrogens is 532 g/mol. The predicted molar refractivity (Wildman–Crippen MR) is 181 cm³/mol. The van der Waals surface area contributed by atoms with Crippen molar-refractivity contribution in [3.8, 4) is 5.69 Å². The molecule has 1 aromatic heterocycles. The zero-order valence-electron chi connectivity index (χ0n) is 26.5. The fraction of sp³-hybridized carbons (Fsp3) is 0.333. The van der Waals surface area contributed by atoms with Gasteiger partial charge in [-0.1, -0.05) is 32.0 Å². The average Bonchev–Trinajstić information content (AvgIpc) is 3.07. The van der Waals surface area contributed by atoms with Gasteiger partial charge in [0, 0.05) is 68.4 Å². The largest absolute Gasteiger partial charge is 0.380 e. The highest BCUT2D eigenvalue weighted by molar-refractivity contribution is 5.85. The third-order valence-electron chi connectivity index (χ3n) is 7.37. The van der Waals surface area contributed by atoms with Crippen LogP contribution in [0.25, 0.3) is 27.8 Å². The first-order valence-electron chi connectivity index (χ1n) is 15.6. The highest BCUT2D eigenvalue weighted by atomic mass is 16.5. The van der Waals surface area contributed by atoms with Crippen LogP contribution in [0.5, 0.6) is 0 Å². The van der Waals surface area contributed by atoms with Crippen molar-refractivity contribution in [3.05, 3.63) is 91.0 Å². The Balaban J connectivity index is 0.00000207. The second kappa shape index (κ2) is 15.8. The Morgan fingerprint density at radius 1 is 0.651 bits per heavy atom. The summed E-state index contributed by atoms with van der Waals surface area (Å²) < 4.78 is 7.81. The number of ether oxygens (including phenoxy) is 1. The molecule has 0 spiro atoms.